The maximum Gasteiger partial charge on any atom is 0.224 e. The van der Waals surface area contributed by atoms with E-state index in [1.54, 1.807) is 0 Å². The molecule has 2 nitrogen and oxygen atoms in total. The average Bonchev–Trinajstić information content (AvgIpc) is 2.28. The Bertz CT molecular complexity index is 370. The zero-order valence-corrected chi connectivity index (χ0v) is 12.2. The number of alkyl halides is 1. The molecule has 1 amide bonds. The maximum absolute atomic E-state index is 11.8. The smallest absolute Gasteiger partial charge is 0.224 e. The molecule has 1 aromatic carbocycles. The van der Waals surface area contributed by atoms with Gasteiger partial charge in [0, 0.05) is 16.4 Å². The fourth-order valence-electron chi connectivity index (χ4n) is 1.62. The molecule has 4 heteroatoms. The highest BCUT2D eigenvalue weighted by atomic mass is 79.9. The first-order valence-corrected chi connectivity index (χ1v) is 7.08. The third kappa shape index (κ3) is 5.55. The lowest BCUT2D eigenvalue weighted by atomic mass is 10.1. The highest BCUT2D eigenvalue weighted by Gasteiger charge is 2.10. The van der Waals surface area contributed by atoms with E-state index in [1.165, 1.54) is 0 Å². The van der Waals surface area contributed by atoms with Crippen LogP contribution in [-0.2, 0) is 11.2 Å². The molecule has 0 spiro atoms. The molecular formula is C13H17BrClNO. The summed E-state index contributed by atoms with van der Waals surface area (Å²) >= 11 is 9.07. The van der Waals surface area contributed by atoms with Gasteiger partial charge in [0.15, 0.2) is 0 Å². The molecule has 0 aromatic heterocycles. The van der Waals surface area contributed by atoms with E-state index in [1.807, 2.05) is 24.3 Å². The zero-order valence-electron chi connectivity index (χ0n) is 9.88. The van der Waals surface area contributed by atoms with Crippen LogP contribution in [0.25, 0.3) is 0 Å². The molecule has 1 N–H and O–H groups in total. The number of halogens is 2. The van der Waals surface area contributed by atoms with Crippen molar-refractivity contribution >= 4 is 33.4 Å². The molecule has 1 unspecified atom stereocenters. The topological polar surface area (TPSA) is 29.1 Å². The van der Waals surface area contributed by atoms with Crippen LogP contribution in [-0.4, -0.2) is 17.8 Å². The Kier molecular flexibility index (Phi) is 6.60. The monoisotopic (exact) mass is 317 g/mol. The molecule has 1 rings (SSSR count). The molecular weight excluding hydrogens is 302 g/mol. The van der Waals surface area contributed by atoms with Gasteiger partial charge in [0.05, 0.1) is 6.42 Å². The predicted molar refractivity (Wildman–Crippen MR) is 75.4 cm³/mol. The van der Waals surface area contributed by atoms with Gasteiger partial charge in [-0.15, -0.1) is 11.6 Å². The summed E-state index contributed by atoms with van der Waals surface area (Å²) in [7, 11) is 0. The average molecular weight is 319 g/mol. The molecule has 1 atom stereocenters. The normalized spacial score (nSPS) is 12.2. The second-order valence-electron chi connectivity index (χ2n) is 3.96. The quantitative estimate of drug-likeness (QED) is 0.799. The van der Waals surface area contributed by atoms with Gasteiger partial charge in [0.25, 0.3) is 0 Å². The van der Waals surface area contributed by atoms with Crippen molar-refractivity contribution in [2.24, 2.45) is 0 Å². The lowest BCUT2D eigenvalue weighted by molar-refractivity contribution is -0.121. The van der Waals surface area contributed by atoms with Gasteiger partial charge in [0.1, 0.15) is 0 Å². The third-order valence-electron chi connectivity index (χ3n) is 2.57. The lowest BCUT2D eigenvalue weighted by Gasteiger charge is -2.15. The third-order valence-corrected chi connectivity index (χ3v) is 3.28. The summed E-state index contributed by atoms with van der Waals surface area (Å²) in [6, 6.07) is 7.98. The SMILES string of the molecule is CCC(CCCl)NC(=O)Cc1cccc(Br)c1. The minimum atomic E-state index is 0.0556. The zero-order chi connectivity index (χ0) is 12.7. The first kappa shape index (κ1) is 14.5. The molecule has 0 aliphatic carbocycles. The summed E-state index contributed by atoms with van der Waals surface area (Å²) in [5.74, 6) is 0.635. The largest absolute Gasteiger partial charge is 0.353 e. The second kappa shape index (κ2) is 7.72. The van der Waals surface area contributed by atoms with Crippen molar-refractivity contribution in [1.29, 1.82) is 0 Å². The lowest BCUT2D eigenvalue weighted by Crippen LogP contribution is -2.35. The van der Waals surface area contributed by atoms with E-state index in [0.29, 0.717) is 12.3 Å². The first-order valence-electron chi connectivity index (χ1n) is 5.75. The molecule has 1 aromatic rings. The number of benzene rings is 1. The Morgan fingerprint density at radius 3 is 2.88 bits per heavy atom. The van der Waals surface area contributed by atoms with Crippen molar-refractivity contribution in [2.45, 2.75) is 32.2 Å². The van der Waals surface area contributed by atoms with Crippen LogP contribution < -0.4 is 5.32 Å². The van der Waals surface area contributed by atoms with Gasteiger partial charge in [-0.2, -0.15) is 0 Å². The minimum Gasteiger partial charge on any atom is -0.353 e. The van der Waals surface area contributed by atoms with E-state index in [4.69, 9.17) is 11.6 Å². The van der Waals surface area contributed by atoms with Gasteiger partial charge in [-0.1, -0.05) is 35.0 Å². The summed E-state index contributed by atoms with van der Waals surface area (Å²) in [5, 5.41) is 3.00. The molecule has 0 saturated heterocycles. The Labute approximate surface area is 116 Å². The summed E-state index contributed by atoms with van der Waals surface area (Å²) in [4.78, 5) is 11.8. The molecule has 0 aliphatic rings. The number of nitrogens with one attached hydrogen (secondary N) is 1. The van der Waals surface area contributed by atoms with Gasteiger partial charge in [-0.05, 0) is 30.5 Å². The van der Waals surface area contributed by atoms with Gasteiger partial charge >= 0.3 is 0 Å². The van der Waals surface area contributed by atoms with Crippen molar-refractivity contribution in [3.8, 4) is 0 Å². The number of rotatable bonds is 6. The van der Waals surface area contributed by atoms with Crippen molar-refractivity contribution in [3.05, 3.63) is 34.3 Å². The summed E-state index contributed by atoms with van der Waals surface area (Å²) in [6.07, 6.45) is 2.15. The molecule has 0 heterocycles. The summed E-state index contributed by atoms with van der Waals surface area (Å²) in [6.45, 7) is 2.05. The first-order chi connectivity index (χ1) is 8.15. The molecule has 94 valence electrons. The highest BCUT2D eigenvalue weighted by molar-refractivity contribution is 9.10. The number of carbonyl (C=O) groups excluding carboxylic acids is 1. The van der Waals surface area contributed by atoms with E-state index in [-0.39, 0.29) is 11.9 Å². The van der Waals surface area contributed by atoms with Crippen molar-refractivity contribution in [3.63, 3.8) is 0 Å². The Morgan fingerprint density at radius 1 is 1.53 bits per heavy atom. The Balaban J connectivity index is 2.49. The molecule has 0 radical (unpaired) electrons. The van der Waals surface area contributed by atoms with E-state index in [9.17, 15) is 4.79 Å². The number of carbonyl (C=O) groups is 1. The summed E-state index contributed by atoms with van der Waals surface area (Å²) < 4.78 is 0.996. The van der Waals surface area contributed by atoms with Gasteiger partial charge in [-0.3, -0.25) is 4.79 Å². The number of amides is 1. The van der Waals surface area contributed by atoms with Gasteiger partial charge in [0.2, 0.25) is 5.91 Å². The van der Waals surface area contributed by atoms with Crippen molar-refractivity contribution < 1.29 is 4.79 Å². The standard InChI is InChI=1S/C13H17BrClNO/c1-2-12(6-7-15)16-13(17)9-10-4-3-5-11(14)8-10/h3-5,8,12H,2,6-7,9H2,1H3,(H,16,17). The van der Waals surface area contributed by atoms with Gasteiger partial charge < -0.3 is 5.32 Å². The predicted octanol–water partition coefficient (Wildman–Crippen LogP) is 3.52. The van der Waals surface area contributed by atoms with Crippen molar-refractivity contribution in [1.82, 2.24) is 5.32 Å². The molecule has 0 aliphatic heterocycles. The van der Waals surface area contributed by atoms with Crippen LogP contribution in [0.1, 0.15) is 25.3 Å². The van der Waals surface area contributed by atoms with Crippen LogP contribution in [0.15, 0.2) is 28.7 Å². The molecule has 0 fully saturated rings. The highest BCUT2D eigenvalue weighted by Crippen LogP contribution is 2.12. The Morgan fingerprint density at radius 2 is 2.29 bits per heavy atom. The van der Waals surface area contributed by atoms with Crippen LogP contribution in [0, 0.1) is 0 Å². The molecule has 0 saturated carbocycles. The molecule has 17 heavy (non-hydrogen) atoms. The van der Waals surface area contributed by atoms with E-state index in [0.717, 1.165) is 22.9 Å². The fraction of sp³-hybridized carbons (Fsp3) is 0.462. The van der Waals surface area contributed by atoms with Crippen LogP contribution in [0.2, 0.25) is 0 Å². The fourth-order valence-corrected chi connectivity index (χ4v) is 2.33. The van der Waals surface area contributed by atoms with E-state index in [2.05, 4.69) is 28.2 Å². The number of hydrogen-bond acceptors (Lipinski definition) is 1. The maximum atomic E-state index is 11.8. The Hall–Kier alpha value is -0.540. The second-order valence-corrected chi connectivity index (χ2v) is 5.25. The number of hydrogen-bond donors (Lipinski definition) is 1. The van der Waals surface area contributed by atoms with E-state index >= 15 is 0 Å². The van der Waals surface area contributed by atoms with Crippen molar-refractivity contribution in [2.75, 3.05) is 5.88 Å². The minimum absolute atomic E-state index is 0.0556. The van der Waals surface area contributed by atoms with Gasteiger partial charge in [-0.25, -0.2) is 0 Å². The van der Waals surface area contributed by atoms with Crippen LogP contribution in [0.3, 0.4) is 0 Å². The van der Waals surface area contributed by atoms with E-state index < -0.39 is 0 Å². The van der Waals surface area contributed by atoms with Crippen LogP contribution >= 0.6 is 27.5 Å². The van der Waals surface area contributed by atoms with Crippen LogP contribution in [0.5, 0.6) is 0 Å². The summed E-state index contributed by atoms with van der Waals surface area (Å²) in [5.41, 5.74) is 1.01. The molecule has 0 bridgehead atoms. The van der Waals surface area contributed by atoms with Crippen LogP contribution in [0.4, 0.5) is 0 Å².